The Hall–Kier alpha value is -2.77. The molecule has 0 atom stereocenters. The number of carbonyl (C=O) groups excluding carboxylic acids is 3. The third kappa shape index (κ3) is 8.59. The van der Waals surface area contributed by atoms with Crippen LogP contribution >= 0.6 is 0 Å². The number of nitrogens with one attached hydrogen (secondary N) is 2. The van der Waals surface area contributed by atoms with Gasteiger partial charge in [0.1, 0.15) is 0 Å². The third-order valence-electron chi connectivity index (χ3n) is 2.89. The molecule has 0 saturated carbocycles. The van der Waals surface area contributed by atoms with Crippen LogP contribution in [-0.2, 0) is 14.3 Å². The maximum absolute atomic E-state index is 11.6. The second-order valence-electron chi connectivity index (χ2n) is 4.90. The first-order valence-electron chi connectivity index (χ1n) is 8.14. The van der Waals surface area contributed by atoms with Gasteiger partial charge in [-0.3, -0.25) is 14.9 Å². The van der Waals surface area contributed by atoms with Crippen LogP contribution in [-0.4, -0.2) is 44.3 Å². The van der Waals surface area contributed by atoms with Crippen molar-refractivity contribution in [2.75, 3.05) is 26.4 Å². The lowest BCUT2D eigenvalue weighted by Gasteiger charge is -2.11. The maximum Gasteiger partial charge on any atom is 0.321 e. The highest BCUT2D eigenvalue weighted by Gasteiger charge is 2.10. The highest BCUT2D eigenvalue weighted by atomic mass is 16.5. The number of esters is 1. The number of urea groups is 1. The Balaban J connectivity index is 2.20. The van der Waals surface area contributed by atoms with Crippen LogP contribution in [0.3, 0.4) is 0 Å². The largest absolute Gasteiger partial charge is 0.490 e. The lowest BCUT2D eigenvalue weighted by atomic mass is 10.3. The lowest BCUT2D eigenvalue weighted by molar-refractivity contribution is -0.148. The SMILES string of the molecule is CCNC(=O)NC(=O)COC(=O)CCCOc1ccccc1OCC. The zero-order valence-electron chi connectivity index (χ0n) is 14.5. The Morgan fingerprint density at radius 2 is 1.72 bits per heavy atom. The summed E-state index contributed by atoms with van der Waals surface area (Å²) in [5.41, 5.74) is 0. The van der Waals surface area contributed by atoms with Gasteiger partial charge in [-0.15, -0.1) is 0 Å². The van der Waals surface area contributed by atoms with E-state index in [0.717, 1.165) is 0 Å². The van der Waals surface area contributed by atoms with Crippen molar-refractivity contribution in [3.8, 4) is 11.5 Å². The summed E-state index contributed by atoms with van der Waals surface area (Å²) in [6.07, 6.45) is 0.530. The molecule has 0 aromatic heterocycles. The van der Waals surface area contributed by atoms with Gasteiger partial charge in [0.15, 0.2) is 18.1 Å². The number of para-hydroxylation sites is 2. The molecular formula is C17H24N2O6. The Labute approximate surface area is 146 Å². The highest BCUT2D eigenvalue weighted by Crippen LogP contribution is 2.26. The summed E-state index contributed by atoms with van der Waals surface area (Å²) in [7, 11) is 0. The van der Waals surface area contributed by atoms with Crippen molar-refractivity contribution in [3.63, 3.8) is 0 Å². The average Bonchev–Trinajstić information content (AvgIpc) is 2.58. The highest BCUT2D eigenvalue weighted by molar-refractivity contribution is 5.95. The fourth-order valence-electron chi connectivity index (χ4n) is 1.83. The normalized spacial score (nSPS) is 9.84. The van der Waals surface area contributed by atoms with Gasteiger partial charge in [-0.1, -0.05) is 12.1 Å². The molecule has 0 aliphatic rings. The van der Waals surface area contributed by atoms with E-state index in [2.05, 4.69) is 5.32 Å². The van der Waals surface area contributed by atoms with E-state index in [-0.39, 0.29) is 6.42 Å². The Morgan fingerprint density at radius 3 is 2.36 bits per heavy atom. The molecule has 0 heterocycles. The van der Waals surface area contributed by atoms with E-state index >= 15 is 0 Å². The van der Waals surface area contributed by atoms with E-state index in [4.69, 9.17) is 14.2 Å². The van der Waals surface area contributed by atoms with E-state index in [1.54, 1.807) is 19.1 Å². The average molecular weight is 352 g/mol. The van der Waals surface area contributed by atoms with Crippen molar-refractivity contribution in [2.45, 2.75) is 26.7 Å². The van der Waals surface area contributed by atoms with Crippen molar-refractivity contribution in [1.82, 2.24) is 10.6 Å². The molecule has 0 fully saturated rings. The number of hydrogen-bond acceptors (Lipinski definition) is 6. The van der Waals surface area contributed by atoms with Crippen molar-refractivity contribution < 1.29 is 28.6 Å². The van der Waals surface area contributed by atoms with Crippen LogP contribution < -0.4 is 20.1 Å². The number of carbonyl (C=O) groups is 3. The fraction of sp³-hybridized carbons (Fsp3) is 0.471. The first-order chi connectivity index (χ1) is 12.1. The van der Waals surface area contributed by atoms with Crippen LogP contribution in [0.25, 0.3) is 0 Å². The summed E-state index contributed by atoms with van der Waals surface area (Å²) < 4.78 is 15.8. The minimum atomic E-state index is -0.679. The van der Waals surface area contributed by atoms with E-state index < -0.39 is 24.5 Å². The smallest absolute Gasteiger partial charge is 0.321 e. The zero-order chi connectivity index (χ0) is 18.5. The quantitative estimate of drug-likeness (QED) is 0.490. The minimum Gasteiger partial charge on any atom is -0.490 e. The molecule has 25 heavy (non-hydrogen) atoms. The van der Waals surface area contributed by atoms with Gasteiger partial charge in [-0.05, 0) is 32.4 Å². The summed E-state index contributed by atoms with van der Waals surface area (Å²) in [4.78, 5) is 34.0. The molecule has 0 spiro atoms. The summed E-state index contributed by atoms with van der Waals surface area (Å²) in [5.74, 6) is 0.0440. The molecule has 0 saturated heterocycles. The van der Waals surface area contributed by atoms with Crippen molar-refractivity contribution in [2.24, 2.45) is 0 Å². The fourth-order valence-corrected chi connectivity index (χ4v) is 1.83. The number of rotatable bonds is 10. The van der Waals surface area contributed by atoms with Gasteiger partial charge in [0.2, 0.25) is 0 Å². The predicted molar refractivity (Wildman–Crippen MR) is 90.5 cm³/mol. The first-order valence-corrected chi connectivity index (χ1v) is 8.14. The molecule has 8 heteroatoms. The van der Waals surface area contributed by atoms with Crippen LogP contribution in [0.15, 0.2) is 24.3 Å². The van der Waals surface area contributed by atoms with Crippen molar-refractivity contribution in [3.05, 3.63) is 24.3 Å². The zero-order valence-corrected chi connectivity index (χ0v) is 14.5. The van der Waals surface area contributed by atoms with Crippen molar-refractivity contribution in [1.29, 1.82) is 0 Å². The van der Waals surface area contributed by atoms with Gasteiger partial charge >= 0.3 is 12.0 Å². The van der Waals surface area contributed by atoms with E-state index in [1.165, 1.54) is 0 Å². The van der Waals surface area contributed by atoms with Gasteiger partial charge in [0, 0.05) is 13.0 Å². The van der Waals surface area contributed by atoms with Crippen molar-refractivity contribution >= 4 is 17.9 Å². The summed E-state index contributed by atoms with van der Waals surface area (Å²) in [6.45, 7) is 4.35. The molecule has 8 nitrogen and oxygen atoms in total. The Kier molecular flexibility index (Phi) is 9.50. The monoisotopic (exact) mass is 352 g/mol. The first kappa shape index (κ1) is 20.3. The molecule has 0 aliphatic carbocycles. The molecule has 0 aliphatic heterocycles. The second kappa shape index (κ2) is 11.7. The molecule has 0 unspecified atom stereocenters. The predicted octanol–water partition coefficient (Wildman–Crippen LogP) is 1.63. The van der Waals surface area contributed by atoms with Crippen LogP contribution in [0, 0.1) is 0 Å². The van der Waals surface area contributed by atoms with Gasteiger partial charge < -0.3 is 19.5 Å². The minimum absolute atomic E-state index is 0.102. The Morgan fingerprint density at radius 1 is 1.04 bits per heavy atom. The number of imide groups is 1. The van der Waals surface area contributed by atoms with Crippen LogP contribution in [0.2, 0.25) is 0 Å². The molecule has 3 amide bonds. The van der Waals surface area contributed by atoms with Gasteiger partial charge in [-0.2, -0.15) is 0 Å². The molecule has 1 aromatic rings. The van der Waals surface area contributed by atoms with E-state index in [9.17, 15) is 14.4 Å². The molecule has 0 bridgehead atoms. The molecule has 1 rings (SSSR count). The second-order valence-corrected chi connectivity index (χ2v) is 4.90. The number of benzene rings is 1. The lowest BCUT2D eigenvalue weighted by Crippen LogP contribution is -2.41. The third-order valence-corrected chi connectivity index (χ3v) is 2.89. The Bertz CT molecular complexity index is 576. The summed E-state index contributed by atoms with van der Waals surface area (Å²) in [6, 6.07) is 6.65. The maximum atomic E-state index is 11.6. The molecule has 2 N–H and O–H groups in total. The van der Waals surface area contributed by atoms with Crippen LogP contribution in [0.4, 0.5) is 4.79 Å². The molecule has 0 radical (unpaired) electrons. The molecule has 1 aromatic carbocycles. The molecular weight excluding hydrogens is 328 g/mol. The van der Waals surface area contributed by atoms with Crippen LogP contribution in [0.1, 0.15) is 26.7 Å². The number of amides is 3. The van der Waals surface area contributed by atoms with E-state index in [0.29, 0.717) is 37.7 Å². The van der Waals surface area contributed by atoms with Gasteiger partial charge in [0.25, 0.3) is 5.91 Å². The molecule has 138 valence electrons. The van der Waals surface area contributed by atoms with Gasteiger partial charge in [0.05, 0.1) is 13.2 Å². The van der Waals surface area contributed by atoms with E-state index in [1.807, 2.05) is 24.4 Å². The standard InChI is InChI=1S/C17H24N2O6/c1-3-18-17(22)19-15(20)12-25-16(21)10-7-11-24-14-9-6-5-8-13(14)23-4-2/h5-6,8-9H,3-4,7,10-12H2,1-2H3,(H2,18,19,20,22). The number of hydrogen-bond donors (Lipinski definition) is 2. The summed E-state index contributed by atoms with van der Waals surface area (Å²) >= 11 is 0. The summed E-state index contributed by atoms with van der Waals surface area (Å²) in [5, 5.41) is 4.44. The topological polar surface area (TPSA) is 103 Å². The number of ether oxygens (including phenoxy) is 3. The van der Waals surface area contributed by atoms with Crippen LogP contribution in [0.5, 0.6) is 11.5 Å². The van der Waals surface area contributed by atoms with Gasteiger partial charge in [-0.25, -0.2) is 4.79 Å².